The number of esters is 2. The summed E-state index contributed by atoms with van der Waals surface area (Å²) in [6, 6.07) is 9.92. The number of aromatic nitrogens is 2. The van der Waals surface area contributed by atoms with Crippen molar-refractivity contribution in [1.29, 1.82) is 0 Å². The smallest absolute Gasteiger partial charge is 0.347 e. The Morgan fingerprint density at radius 3 is 2.68 bits per heavy atom. The molecule has 0 radical (unpaired) electrons. The van der Waals surface area contributed by atoms with E-state index in [0.29, 0.717) is 18.5 Å². The molecule has 132 valence electrons. The minimum atomic E-state index is -0.833. The van der Waals surface area contributed by atoms with Crippen LogP contribution in [-0.4, -0.2) is 33.9 Å². The minimum absolute atomic E-state index is 0.0863. The van der Waals surface area contributed by atoms with Gasteiger partial charge in [0.1, 0.15) is 11.7 Å². The van der Waals surface area contributed by atoms with Crippen LogP contribution >= 0.6 is 0 Å². The number of rotatable bonds is 5. The summed E-state index contributed by atoms with van der Waals surface area (Å²) in [6.45, 7) is 6.36. The lowest BCUT2D eigenvalue weighted by atomic mass is 10.1. The highest BCUT2D eigenvalue weighted by atomic mass is 16.6. The number of nitrogens with zero attached hydrogens (tertiary/aromatic N) is 2. The van der Waals surface area contributed by atoms with E-state index in [1.54, 1.807) is 6.92 Å². The van der Waals surface area contributed by atoms with Gasteiger partial charge in [-0.3, -0.25) is 4.68 Å². The Morgan fingerprint density at radius 2 is 2.08 bits per heavy atom. The monoisotopic (exact) mass is 342 g/mol. The number of carbonyl (C=O) groups is 2. The first-order valence-corrected chi connectivity index (χ1v) is 8.46. The van der Waals surface area contributed by atoms with Crippen molar-refractivity contribution in [1.82, 2.24) is 9.78 Å². The molecular weight excluding hydrogens is 320 g/mol. The molecule has 1 aromatic heterocycles. The minimum Gasteiger partial charge on any atom is -0.460 e. The predicted molar refractivity (Wildman–Crippen MR) is 91.2 cm³/mol. The molecule has 0 aliphatic carbocycles. The van der Waals surface area contributed by atoms with E-state index in [1.165, 1.54) is 6.20 Å². The summed E-state index contributed by atoms with van der Waals surface area (Å²) in [7, 11) is 0. The maximum absolute atomic E-state index is 12.6. The molecule has 0 saturated carbocycles. The van der Waals surface area contributed by atoms with Crippen molar-refractivity contribution >= 4 is 11.9 Å². The molecule has 1 aromatic carbocycles. The predicted octanol–water partition coefficient (Wildman–Crippen LogP) is 2.92. The van der Waals surface area contributed by atoms with E-state index < -0.39 is 18.0 Å². The standard InChI is InChI=1S/C19H22N2O4/c1-12(2)17-15(18(22)25-16-9-13(3)24-19(16)23)10-20-21(17)11-14-7-5-4-6-8-14/h4-8,10,12-13,16H,9,11H2,1-3H3/t13-,16+/m0/s1. The number of hydrogen-bond acceptors (Lipinski definition) is 5. The van der Waals surface area contributed by atoms with E-state index >= 15 is 0 Å². The first-order chi connectivity index (χ1) is 12.0. The SMILES string of the molecule is CC(C)c1c(C(=O)O[C@@H]2C[C@H](C)OC2=O)cnn1Cc1ccccc1. The molecule has 0 bridgehead atoms. The van der Waals surface area contributed by atoms with Gasteiger partial charge in [-0.25, -0.2) is 9.59 Å². The van der Waals surface area contributed by atoms with Crippen molar-refractivity contribution in [3.8, 4) is 0 Å². The van der Waals surface area contributed by atoms with Crippen LogP contribution in [-0.2, 0) is 20.8 Å². The molecule has 1 aliphatic heterocycles. The Labute approximate surface area is 146 Å². The molecule has 2 heterocycles. The van der Waals surface area contributed by atoms with Crippen molar-refractivity contribution in [3.63, 3.8) is 0 Å². The molecule has 25 heavy (non-hydrogen) atoms. The van der Waals surface area contributed by atoms with E-state index in [4.69, 9.17) is 9.47 Å². The zero-order chi connectivity index (χ0) is 18.0. The van der Waals surface area contributed by atoms with Gasteiger partial charge in [-0.05, 0) is 18.4 Å². The molecule has 0 unspecified atom stereocenters. The lowest BCUT2D eigenvalue weighted by molar-refractivity contribution is -0.147. The van der Waals surface area contributed by atoms with Gasteiger partial charge in [0.15, 0.2) is 0 Å². The highest BCUT2D eigenvalue weighted by Crippen LogP contribution is 2.24. The highest BCUT2D eigenvalue weighted by Gasteiger charge is 2.36. The fraction of sp³-hybridized carbons (Fsp3) is 0.421. The van der Waals surface area contributed by atoms with Crippen LogP contribution in [0.15, 0.2) is 36.5 Å². The largest absolute Gasteiger partial charge is 0.460 e. The molecule has 6 heteroatoms. The molecule has 2 atom stereocenters. The molecule has 3 rings (SSSR count). The Morgan fingerprint density at radius 1 is 1.36 bits per heavy atom. The van der Waals surface area contributed by atoms with Crippen LogP contribution in [0.3, 0.4) is 0 Å². The second kappa shape index (κ2) is 7.09. The third-order valence-electron chi connectivity index (χ3n) is 4.20. The van der Waals surface area contributed by atoms with E-state index in [0.717, 1.165) is 11.3 Å². The summed E-state index contributed by atoms with van der Waals surface area (Å²) in [5.41, 5.74) is 2.30. The molecule has 1 fully saturated rings. The lowest BCUT2D eigenvalue weighted by Gasteiger charge is -2.13. The molecule has 2 aromatic rings. The van der Waals surface area contributed by atoms with Gasteiger partial charge in [0.05, 0.1) is 18.4 Å². The summed E-state index contributed by atoms with van der Waals surface area (Å²) in [6.07, 6.45) is 0.847. The molecule has 0 N–H and O–H groups in total. The fourth-order valence-corrected chi connectivity index (χ4v) is 3.05. The number of hydrogen-bond donors (Lipinski definition) is 0. The second-order valence-electron chi connectivity index (χ2n) is 6.62. The first-order valence-electron chi connectivity index (χ1n) is 8.46. The van der Waals surface area contributed by atoms with Gasteiger partial charge < -0.3 is 9.47 Å². The third kappa shape index (κ3) is 3.73. The third-order valence-corrected chi connectivity index (χ3v) is 4.20. The fourth-order valence-electron chi connectivity index (χ4n) is 3.05. The van der Waals surface area contributed by atoms with Crippen molar-refractivity contribution in [2.24, 2.45) is 0 Å². The van der Waals surface area contributed by atoms with E-state index in [9.17, 15) is 9.59 Å². The topological polar surface area (TPSA) is 70.4 Å². The van der Waals surface area contributed by atoms with E-state index in [-0.39, 0.29) is 12.0 Å². The summed E-state index contributed by atoms with van der Waals surface area (Å²) in [5.74, 6) is -0.925. The number of benzene rings is 1. The van der Waals surface area contributed by atoms with Gasteiger partial charge in [0.2, 0.25) is 6.10 Å². The average molecular weight is 342 g/mol. The summed E-state index contributed by atoms with van der Waals surface area (Å²) in [5, 5.41) is 4.36. The second-order valence-corrected chi connectivity index (χ2v) is 6.62. The molecule has 0 spiro atoms. The van der Waals surface area contributed by atoms with Crippen molar-refractivity contribution in [2.75, 3.05) is 0 Å². The van der Waals surface area contributed by atoms with Crippen molar-refractivity contribution in [2.45, 2.75) is 51.9 Å². The Kier molecular flexibility index (Phi) is 4.88. The average Bonchev–Trinajstić information content (AvgIpc) is 3.11. The highest BCUT2D eigenvalue weighted by molar-refractivity contribution is 5.92. The molecular formula is C19H22N2O4. The summed E-state index contributed by atoms with van der Waals surface area (Å²) < 4.78 is 12.2. The van der Waals surface area contributed by atoms with Crippen LogP contribution < -0.4 is 0 Å². The normalized spacial score (nSPS) is 19.9. The van der Waals surface area contributed by atoms with Crippen LogP contribution in [0, 0.1) is 0 Å². The Hall–Kier alpha value is -2.63. The number of cyclic esters (lactones) is 1. The van der Waals surface area contributed by atoms with Crippen LogP contribution in [0.2, 0.25) is 0 Å². The van der Waals surface area contributed by atoms with Gasteiger partial charge in [-0.2, -0.15) is 5.10 Å². The van der Waals surface area contributed by atoms with Crippen molar-refractivity contribution in [3.05, 3.63) is 53.3 Å². The van der Waals surface area contributed by atoms with Crippen LogP contribution in [0.4, 0.5) is 0 Å². The Balaban J connectivity index is 1.81. The van der Waals surface area contributed by atoms with Crippen molar-refractivity contribution < 1.29 is 19.1 Å². The van der Waals surface area contributed by atoms with Gasteiger partial charge in [-0.15, -0.1) is 0 Å². The van der Waals surface area contributed by atoms with Crippen LogP contribution in [0.25, 0.3) is 0 Å². The molecule has 1 saturated heterocycles. The van der Waals surface area contributed by atoms with Gasteiger partial charge >= 0.3 is 11.9 Å². The Bertz CT molecular complexity index is 767. The number of carbonyl (C=O) groups excluding carboxylic acids is 2. The summed E-state index contributed by atoms with van der Waals surface area (Å²) in [4.78, 5) is 24.3. The zero-order valence-corrected chi connectivity index (χ0v) is 14.6. The van der Waals surface area contributed by atoms with E-state index in [1.807, 2.05) is 48.9 Å². The zero-order valence-electron chi connectivity index (χ0n) is 14.6. The number of ether oxygens (including phenoxy) is 2. The first kappa shape index (κ1) is 17.2. The quantitative estimate of drug-likeness (QED) is 0.782. The molecule has 6 nitrogen and oxygen atoms in total. The van der Waals surface area contributed by atoms with Gasteiger partial charge in [0, 0.05) is 6.42 Å². The van der Waals surface area contributed by atoms with E-state index in [2.05, 4.69) is 5.10 Å². The maximum Gasteiger partial charge on any atom is 0.347 e. The van der Waals surface area contributed by atoms with Gasteiger partial charge in [0.25, 0.3) is 0 Å². The molecule has 1 aliphatic rings. The van der Waals surface area contributed by atoms with Crippen LogP contribution in [0.5, 0.6) is 0 Å². The van der Waals surface area contributed by atoms with Gasteiger partial charge in [-0.1, -0.05) is 44.2 Å². The summed E-state index contributed by atoms with van der Waals surface area (Å²) >= 11 is 0. The van der Waals surface area contributed by atoms with Crippen LogP contribution in [0.1, 0.15) is 54.7 Å². The maximum atomic E-state index is 12.6. The lowest BCUT2D eigenvalue weighted by Crippen LogP contribution is -2.23. The molecule has 0 amide bonds.